The fraction of sp³-hybridized carbons (Fsp3) is 0.765. The highest BCUT2D eigenvalue weighted by Crippen LogP contribution is 2.24. The van der Waals surface area contributed by atoms with Crippen LogP contribution in [0.15, 0.2) is 10.5 Å². The molecule has 1 aromatic rings. The zero-order valence-corrected chi connectivity index (χ0v) is 13.4. The molecule has 1 N–H and O–H groups in total. The van der Waals surface area contributed by atoms with Crippen molar-refractivity contribution in [3.63, 3.8) is 0 Å². The molecule has 0 radical (unpaired) electrons. The summed E-state index contributed by atoms with van der Waals surface area (Å²) in [6, 6.07) is 2.23. The zero-order valence-electron chi connectivity index (χ0n) is 13.4. The molecule has 1 aromatic heterocycles. The van der Waals surface area contributed by atoms with E-state index in [-0.39, 0.29) is 0 Å². The van der Waals surface area contributed by atoms with Gasteiger partial charge in [0.05, 0.1) is 6.54 Å². The van der Waals surface area contributed by atoms with Crippen LogP contribution in [0.3, 0.4) is 0 Å². The van der Waals surface area contributed by atoms with Crippen molar-refractivity contribution in [1.29, 1.82) is 0 Å². The summed E-state index contributed by atoms with van der Waals surface area (Å²) >= 11 is 0. The van der Waals surface area contributed by atoms with E-state index in [9.17, 15) is 0 Å². The van der Waals surface area contributed by atoms with Gasteiger partial charge < -0.3 is 9.73 Å². The van der Waals surface area contributed by atoms with Gasteiger partial charge in [0, 0.05) is 12.1 Å². The second kappa shape index (κ2) is 7.84. The molecule has 2 heterocycles. The molecule has 2 rings (SSSR count). The van der Waals surface area contributed by atoms with E-state index in [0.29, 0.717) is 0 Å². The molecule has 1 aliphatic rings. The number of nitrogens with one attached hydrogen (secondary N) is 1. The lowest BCUT2D eigenvalue weighted by Gasteiger charge is -2.31. The summed E-state index contributed by atoms with van der Waals surface area (Å²) in [4.78, 5) is 2.58. The Bertz CT molecular complexity index is 392. The Labute approximate surface area is 123 Å². The minimum atomic E-state index is 0.843. The van der Waals surface area contributed by atoms with Crippen LogP contribution in [-0.2, 0) is 13.1 Å². The van der Waals surface area contributed by atoms with E-state index in [4.69, 9.17) is 4.42 Å². The smallest absolute Gasteiger partial charge is 0.118 e. The van der Waals surface area contributed by atoms with Crippen molar-refractivity contribution in [2.75, 3.05) is 19.6 Å². The van der Waals surface area contributed by atoms with Crippen molar-refractivity contribution < 1.29 is 4.42 Å². The Hall–Kier alpha value is -0.800. The minimum absolute atomic E-state index is 0.843. The Morgan fingerprint density at radius 3 is 2.70 bits per heavy atom. The Kier molecular flexibility index (Phi) is 6.11. The van der Waals surface area contributed by atoms with Crippen LogP contribution in [0.4, 0.5) is 0 Å². The van der Waals surface area contributed by atoms with Crippen LogP contribution in [0.2, 0.25) is 0 Å². The van der Waals surface area contributed by atoms with Crippen LogP contribution in [0, 0.1) is 12.8 Å². The standard InChI is InChI=1S/C17H30N2O/c1-4-6-15-7-9-19(10-8-15)13-16-11-17(12-18-5-2)20-14(16)3/h11,15,18H,4-10,12-13H2,1-3H3. The summed E-state index contributed by atoms with van der Waals surface area (Å²) in [5.41, 5.74) is 1.37. The first-order chi connectivity index (χ1) is 9.72. The third-order valence-corrected chi connectivity index (χ3v) is 4.42. The van der Waals surface area contributed by atoms with Gasteiger partial charge in [0.2, 0.25) is 0 Å². The molecule has 0 saturated carbocycles. The molecular formula is C17H30N2O. The van der Waals surface area contributed by atoms with Gasteiger partial charge >= 0.3 is 0 Å². The average molecular weight is 278 g/mol. The van der Waals surface area contributed by atoms with Gasteiger partial charge in [-0.15, -0.1) is 0 Å². The predicted molar refractivity (Wildman–Crippen MR) is 83.7 cm³/mol. The van der Waals surface area contributed by atoms with Gasteiger partial charge in [-0.2, -0.15) is 0 Å². The monoisotopic (exact) mass is 278 g/mol. The number of likely N-dealkylation sites (tertiary alicyclic amines) is 1. The summed E-state index contributed by atoms with van der Waals surface area (Å²) in [5.74, 6) is 3.12. The molecule has 1 saturated heterocycles. The number of rotatable bonds is 7. The lowest BCUT2D eigenvalue weighted by molar-refractivity contribution is 0.171. The molecule has 0 atom stereocenters. The molecule has 0 spiro atoms. The van der Waals surface area contributed by atoms with Crippen LogP contribution < -0.4 is 5.32 Å². The lowest BCUT2D eigenvalue weighted by Crippen LogP contribution is -2.33. The molecule has 0 aliphatic carbocycles. The second-order valence-electron chi connectivity index (χ2n) is 6.08. The SMILES string of the molecule is CCCC1CCN(Cc2cc(CNCC)oc2C)CC1. The molecule has 0 aromatic carbocycles. The minimum Gasteiger partial charge on any atom is -0.465 e. The molecule has 0 unspecified atom stereocenters. The average Bonchev–Trinajstić information content (AvgIpc) is 2.79. The zero-order chi connectivity index (χ0) is 14.4. The number of piperidine rings is 1. The third kappa shape index (κ3) is 4.35. The van der Waals surface area contributed by atoms with E-state index in [1.165, 1.54) is 44.3 Å². The highest BCUT2D eigenvalue weighted by Gasteiger charge is 2.19. The van der Waals surface area contributed by atoms with E-state index in [0.717, 1.165) is 37.1 Å². The van der Waals surface area contributed by atoms with Gasteiger partial charge in [-0.05, 0) is 51.4 Å². The second-order valence-corrected chi connectivity index (χ2v) is 6.08. The van der Waals surface area contributed by atoms with Crippen LogP contribution in [0.25, 0.3) is 0 Å². The largest absolute Gasteiger partial charge is 0.465 e. The normalized spacial score (nSPS) is 17.8. The quantitative estimate of drug-likeness (QED) is 0.824. The molecule has 0 amide bonds. The van der Waals surface area contributed by atoms with E-state index in [1.807, 2.05) is 0 Å². The van der Waals surface area contributed by atoms with Crippen molar-refractivity contribution in [1.82, 2.24) is 10.2 Å². The molecule has 0 bridgehead atoms. The first kappa shape index (κ1) is 15.6. The molecule has 3 nitrogen and oxygen atoms in total. The van der Waals surface area contributed by atoms with Crippen molar-refractivity contribution in [3.8, 4) is 0 Å². The van der Waals surface area contributed by atoms with E-state index in [2.05, 4.69) is 37.1 Å². The van der Waals surface area contributed by atoms with E-state index >= 15 is 0 Å². The van der Waals surface area contributed by atoms with Crippen LogP contribution >= 0.6 is 0 Å². The highest BCUT2D eigenvalue weighted by molar-refractivity contribution is 5.20. The first-order valence-corrected chi connectivity index (χ1v) is 8.24. The maximum atomic E-state index is 5.83. The van der Waals surface area contributed by atoms with Crippen LogP contribution in [-0.4, -0.2) is 24.5 Å². The van der Waals surface area contributed by atoms with Gasteiger partial charge in [0.1, 0.15) is 11.5 Å². The highest BCUT2D eigenvalue weighted by atomic mass is 16.3. The summed E-state index contributed by atoms with van der Waals surface area (Å²) in [6.45, 7) is 11.9. The van der Waals surface area contributed by atoms with Crippen molar-refractivity contribution in [3.05, 3.63) is 23.2 Å². The Morgan fingerprint density at radius 2 is 2.05 bits per heavy atom. The van der Waals surface area contributed by atoms with Crippen molar-refractivity contribution in [2.24, 2.45) is 5.92 Å². The molecule has 20 heavy (non-hydrogen) atoms. The number of furan rings is 1. The van der Waals surface area contributed by atoms with Crippen LogP contribution in [0.5, 0.6) is 0 Å². The van der Waals surface area contributed by atoms with E-state index < -0.39 is 0 Å². The fourth-order valence-corrected chi connectivity index (χ4v) is 3.16. The topological polar surface area (TPSA) is 28.4 Å². The molecule has 1 aliphatic heterocycles. The number of hydrogen-bond donors (Lipinski definition) is 1. The summed E-state index contributed by atoms with van der Waals surface area (Å²) < 4.78 is 5.83. The number of hydrogen-bond acceptors (Lipinski definition) is 3. The van der Waals surface area contributed by atoms with Crippen LogP contribution in [0.1, 0.15) is 56.6 Å². The van der Waals surface area contributed by atoms with Gasteiger partial charge in [-0.1, -0.05) is 26.7 Å². The molecular weight excluding hydrogens is 248 g/mol. The predicted octanol–water partition coefficient (Wildman–Crippen LogP) is 3.71. The summed E-state index contributed by atoms with van der Waals surface area (Å²) in [7, 11) is 0. The first-order valence-electron chi connectivity index (χ1n) is 8.24. The van der Waals surface area contributed by atoms with Gasteiger partial charge in [-0.3, -0.25) is 4.90 Å². The van der Waals surface area contributed by atoms with Gasteiger partial charge in [-0.25, -0.2) is 0 Å². The summed E-state index contributed by atoms with van der Waals surface area (Å²) in [5, 5.41) is 3.32. The maximum Gasteiger partial charge on any atom is 0.118 e. The number of nitrogens with zero attached hydrogens (tertiary/aromatic N) is 1. The maximum absolute atomic E-state index is 5.83. The van der Waals surface area contributed by atoms with Crippen molar-refractivity contribution in [2.45, 2.75) is 59.5 Å². The molecule has 3 heteroatoms. The Balaban J connectivity index is 1.83. The van der Waals surface area contributed by atoms with Crippen molar-refractivity contribution >= 4 is 0 Å². The Morgan fingerprint density at radius 1 is 1.30 bits per heavy atom. The van der Waals surface area contributed by atoms with E-state index in [1.54, 1.807) is 0 Å². The third-order valence-electron chi connectivity index (χ3n) is 4.42. The molecule has 114 valence electrons. The summed E-state index contributed by atoms with van der Waals surface area (Å²) in [6.07, 6.45) is 5.48. The molecule has 1 fully saturated rings. The number of aryl methyl sites for hydroxylation is 1. The van der Waals surface area contributed by atoms with Gasteiger partial charge in [0.25, 0.3) is 0 Å². The lowest BCUT2D eigenvalue weighted by atomic mass is 9.92. The van der Waals surface area contributed by atoms with Gasteiger partial charge in [0.15, 0.2) is 0 Å². The fourth-order valence-electron chi connectivity index (χ4n) is 3.16.